The van der Waals surface area contributed by atoms with E-state index in [1.54, 1.807) is 6.07 Å². The Bertz CT molecular complexity index is 629. The molecule has 19 heavy (non-hydrogen) atoms. The average molecular weight is 253 g/mol. The normalized spacial score (nSPS) is 10.5. The molecule has 0 bridgehead atoms. The summed E-state index contributed by atoms with van der Waals surface area (Å²) in [4.78, 5) is 12.4. The number of aryl methyl sites for hydroxylation is 3. The van der Waals surface area contributed by atoms with Crippen molar-refractivity contribution in [1.29, 1.82) is 0 Å². The van der Waals surface area contributed by atoms with E-state index in [-0.39, 0.29) is 5.78 Å². The van der Waals surface area contributed by atoms with Crippen LogP contribution in [0, 0.1) is 20.8 Å². The molecule has 98 valence electrons. The largest absolute Gasteiger partial charge is 0.399 e. The van der Waals surface area contributed by atoms with Gasteiger partial charge < -0.3 is 5.73 Å². The number of Topliss-reactive ketones (excluding diaryl/α,β-unsaturated/α-hetero) is 1. The van der Waals surface area contributed by atoms with Gasteiger partial charge in [0, 0.05) is 17.7 Å². The van der Waals surface area contributed by atoms with Crippen LogP contribution in [-0.2, 0) is 6.42 Å². The number of benzene rings is 2. The highest BCUT2D eigenvalue weighted by Gasteiger charge is 2.11. The highest BCUT2D eigenvalue weighted by Crippen LogP contribution is 2.17. The van der Waals surface area contributed by atoms with Gasteiger partial charge in [0.1, 0.15) is 0 Å². The van der Waals surface area contributed by atoms with E-state index in [9.17, 15) is 4.79 Å². The summed E-state index contributed by atoms with van der Waals surface area (Å²) in [6.45, 7) is 6.01. The van der Waals surface area contributed by atoms with Crippen molar-refractivity contribution in [2.45, 2.75) is 27.2 Å². The van der Waals surface area contributed by atoms with Crippen LogP contribution in [0.2, 0.25) is 0 Å². The molecule has 0 saturated carbocycles. The summed E-state index contributed by atoms with van der Waals surface area (Å²) in [6.07, 6.45) is 0.443. The summed E-state index contributed by atoms with van der Waals surface area (Å²) in [5.41, 5.74) is 11.5. The molecule has 2 heteroatoms. The summed E-state index contributed by atoms with van der Waals surface area (Å²) >= 11 is 0. The number of carbonyl (C=O) groups is 1. The van der Waals surface area contributed by atoms with Crippen molar-refractivity contribution in [3.63, 3.8) is 0 Å². The van der Waals surface area contributed by atoms with Crippen LogP contribution in [0.3, 0.4) is 0 Å². The molecule has 0 radical (unpaired) electrons. The molecule has 0 aliphatic rings. The fourth-order valence-corrected chi connectivity index (χ4v) is 2.26. The summed E-state index contributed by atoms with van der Waals surface area (Å²) in [5, 5.41) is 0. The second-order valence-corrected chi connectivity index (χ2v) is 5.10. The fraction of sp³-hybridized carbons (Fsp3) is 0.235. The van der Waals surface area contributed by atoms with Crippen molar-refractivity contribution in [3.8, 4) is 0 Å². The van der Waals surface area contributed by atoms with Gasteiger partial charge in [0.25, 0.3) is 0 Å². The Hall–Kier alpha value is -2.09. The maximum atomic E-state index is 12.4. The SMILES string of the molecule is Cc1ccc(C)c(CC(=O)c2ccc(N)cc2C)c1. The number of anilines is 1. The molecule has 0 aliphatic carbocycles. The van der Waals surface area contributed by atoms with Gasteiger partial charge in [-0.05, 0) is 55.7 Å². The third-order valence-corrected chi connectivity index (χ3v) is 3.41. The lowest BCUT2D eigenvalue weighted by Gasteiger charge is -2.09. The minimum atomic E-state index is 0.145. The van der Waals surface area contributed by atoms with E-state index in [1.165, 1.54) is 5.56 Å². The van der Waals surface area contributed by atoms with Gasteiger partial charge in [0.2, 0.25) is 0 Å². The lowest BCUT2D eigenvalue weighted by molar-refractivity contribution is 0.0992. The Kier molecular flexibility index (Phi) is 3.70. The Balaban J connectivity index is 2.28. The van der Waals surface area contributed by atoms with Crippen LogP contribution in [0.25, 0.3) is 0 Å². The maximum Gasteiger partial charge on any atom is 0.167 e. The van der Waals surface area contributed by atoms with Crippen LogP contribution in [0.1, 0.15) is 32.6 Å². The number of nitrogen functional groups attached to an aromatic ring is 1. The van der Waals surface area contributed by atoms with Crippen molar-refractivity contribution >= 4 is 11.5 Å². The van der Waals surface area contributed by atoms with E-state index in [4.69, 9.17) is 5.73 Å². The van der Waals surface area contributed by atoms with Crippen molar-refractivity contribution in [2.75, 3.05) is 5.73 Å². The molecule has 0 saturated heterocycles. The smallest absolute Gasteiger partial charge is 0.167 e. The molecule has 0 amide bonds. The molecule has 0 spiro atoms. The highest BCUT2D eigenvalue weighted by molar-refractivity contribution is 5.99. The minimum Gasteiger partial charge on any atom is -0.399 e. The van der Waals surface area contributed by atoms with E-state index < -0.39 is 0 Å². The van der Waals surface area contributed by atoms with Crippen molar-refractivity contribution in [1.82, 2.24) is 0 Å². The minimum absolute atomic E-state index is 0.145. The lowest BCUT2D eigenvalue weighted by Crippen LogP contribution is -2.07. The van der Waals surface area contributed by atoms with E-state index in [1.807, 2.05) is 32.9 Å². The summed E-state index contributed by atoms with van der Waals surface area (Å²) in [6, 6.07) is 11.7. The zero-order valence-corrected chi connectivity index (χ0v) is 11.7. The standard InChI is InChI=1S/C17H19NO/c1-11-4-5-12(2)14(8-11)10-17(19)16-7-6-15(18)9-13(16)3/h4-9H,10,18H2,1-3H3. The molecule has 0 aromatic heterocycles. The van der Waals surface area contributed by atoms with Gasteiger partial charge in [0.15, 0.2) is 5.78 Å². The summed E-state index contributed by atoms with van der Waals surface area (Å²) in [5.74, 6) is 0.145. The Labute approximate surface area is 114 Å². The van der Waals surface area contributed by atoms with Gasteiger partial charge in [0.05, 0.1) is 0 Å². The number of rotatable bonds is 3. The van der Waals surface area contributed by atoms with Gasteiger partial charge in [-0.2, -0.15) is 0 Å². The molecule has 2 aromatic rings. The second kappa shape index (κ2) is 5.27. The topological polar surface area (TPSA) is 43.1 Å². The Morgan fingerprint density at radius 2 is 1.74 bits per heavy atom. The van der Waals surface area contributed by atoms with Crippen LogP contribution in [0.5, 0.6) is 0 Å². The molecule has 2 N–H and O–H groups in total. The molecule has 0 fully saturated rings. The average Bonchev–Trinajstić information content (AvgIpc) is 2.33. The molecular weight excluding hydrogens is 234 g/mol. The third-order valence-electron chi connectivity index (χ3n) is 3.41. The number of ketones is 1. The van der Waals surface area contributed by atoms with Gasteiger partial charge >= 0.3 is 0 Å². The molecule has 2 rings (SSSR count). The predicted octanol–water partition coefficient (Wildman–Crippen LogP) is 3.62. The number of hydrogen-bond donors (Lipinski definition) is 1. The van der Waals surface area contributed by atoms with Gasteiger partial charge in [-0.3, -0.25) is 4.79 Å². The Morgan fingerprint density at radius 1 is 1.00 bits per heavy atom. The first-order valence-corrected chi connectivity index (χ1v) is 6.43. The van der Waals surface area contributed by atoms with Crippen molar-refractivity contribution in [2.24, 2.45) is 0 Å². The van der Waals surface area contributed by atoms with Crippen LogP contribution in [-0.4, -0.2) is 5.78 Å². The molecule has 2 aromatic carbocycles. The third kappa shape index (κ3) is 3.02. The van der Waals surface area contributed by atoms with Crippen molar-refractivity contribution in [3.05, 3.63) is 64.2 Å². The zero-order chi connectivity index (χ0) is 14.0. The fourth-order valence-electron chi connectivity index (χ4n) is 2.26. The maximum absolute atomic E-state index is 12.4. The molecule has 2 nitrogen and oxygen atoms in total. The quantitative estimate of drug-likeness (QED) is 0.670. The lowest BCUT2D eigenvalue weighted by atomic mass is 9.95. The zero-order valence-electron chi connectivity index (χ0n) is 11.7. The second-order valence-electron chi connectivity index (χ2n) is 5.10. The molecule has 0 atom stereocenters. The van der Waals surface area contributed by atoms with Crippen LogP contribution >= 0.6 is 0 Å². The van der Waals surface area contributed by atoms with Crippen LogP contribution in [0.4, 0.5) is 5.69 Å². The van der Waals surface area contributed by atoms with E-state index in [0.717, 1.165) is 22.3 Å². The van der Waals surface area contributed by atoms with E-state index in [2.05, 4.69) is 18.2 Å². The summed E-state index contributed by atoms with van der Waals surface area (Å²) < 4.78 is 0. The molecule has 0 aliphatic heterocycles. The first kappa shape index (κ1) is 13.3. The van der Waals surface area contributed by atoms with Crippen LogP contribution < -0.4 is 5.73 Å². The monoisotopic (exact) mass is 253 g/mol. The Morgan fingerprint density at radius 3 is 2.42 bits per heavy atom. The predicted molar refractivity (Wildman–Crippen MR) is 79.5 cm³/mol. The number of hydrogen-bond acceptors (Lipinski definition) is 2. The van der Waals surface area contributed by atoms with Gasteiger partial charge in [-0.25, -0.2) is 0 Å². The molecule has 0 heterocycles. The number of nitrogens with two attached hydrogens (primary N) is 1. The van der Waals surface area contributed by atoms with Crippen LogP contribution in [0.15, 0.2) is 36.4 Å². The van der Waals surface area contributed by atoms with Gasteiger partial charge in [-0.1, -0.05) is 23.8 Å². The summed E-state index contributed by atoms with van der Waals surface area (Å²) in [7, 11) is 0. The molecular formula is C17H19NO. The molecule has 0 unspecified atom stereocenters. The van der Waals surface area contributed by atoms with Crippen molar-refractivity contribution < 1.29 is 4.79 Å². The first-order chi connectivity index (χ1) is 8.97. The highest BCUT2D eigenvalue weighted by atomic mass is 16.1. The van der Waals surface area contributed by atoms with E-state index in [0.29, 0.717) is 12.1 Å². The van der Waals surface area contributed by atoms with E-state index >= 15 is 0 Å². The first-order valence-electron chi connectivity index (χ1n) is 6.43. The number of carbonyl (C=O) groups excluding carboxylic acids is 1. The van der Waals surface area contributed by atoms with Gasteiger partial charge in [-0.15, -0.1) is 0 Å².